The minimum atomic E-state index is -1.25. The predicted molar refractivity (Wildman–Crippen MR) is 182 cm³/mol. The number of esters is 1. The molecule has 13 nitrogen and oxygen atoms in total. The number of hydrogen-bond acceptors (Lipinski definition) is 13. The Bertz CT molecular complexity index is 1210. The summed E-state index contributed by atoms with van der Waals surface area (Å²) in [4.78, 5) is 16.2. The summed E-state index contributed by atoms with van der Waals surface area (Å²) in [6, 6.07) is -0.218. The quantitative estimate of drug-likeness (QED) is 0.331. The first-order chi connectivity index (χ1) is 23.2. The lowest BCUT2D eigenvalue weighted by Crippen LogP contribution is -2.61. The molecule has 0 aromatic carbocycles. The third-order valence-electron chi connectivity index (χ3n) is 12.9. The van der Waals surface area contributed by atoms with E-state index in [4.69, 9.17) is 37.9 Å². The summed E-state index contributed by atoms with van der Waals surface area (Å²) in [5.41, 5.74) is -3.25. The summed E-state index contributed by atoms with van der Waals surface area (Å²) >= 11 is 0. The zero-order chi connectivity index (χ0) is 37.3. The first-order valence-electron chi connectivity index (χ1n) is 18.7. The van der Waals surface area contributed by atoms with E-state index < -0.39 is 102 Å². The van der Waals surface area contributed by atoms with E-state index in [0.717, 1.165) is 0 Å². The second-order valence-electron chi connectivity index (χ2n) is 16.9. The van der Waals surface area contributed by atoms with Gasteiger partial charge in [0.2, 0.25) is 0 Å². The number of methoxy groups -OCH3 is 1. The van der Waals surface area contributed by atoms with E-state index in [0.29, 0.717) is 19.3 Å². The van der Waals surface area contributed by atoms with Crippen LogP contribution in [0.2, 0.25) is 0 Å². The number of rotatable bonds is 7. The molecule has 0 radical (unpaired) electrons. The van der Waals surface area contributed by atoms with Crippen molar-refractivity contribution in [1.29, 1.82) is 0 Å². The highest BCUT2D eigenvalue weighted by Crippen LogP contribution is 2.59. The van der Waals surface area contributed by atoms with Crippen LogP contribution in [0.15, 0.2) is 0 Å². The van der Waals surface area contributed by atoms with Crippen molar-refractivity contribution in [3.63, 3.8) is 0 Å². The van der Waals surface area contributed by atoms with Gasteiger partial charge in [0.05, 0.1) is 47.6 Å². The molecule has 5 heterocycles. The molecule has 0 saturated carbocycles. The monoisotopic (exact) mass is 715 g/mol. The Morgan fingerprint density at radius 3 is 2.18 bits per heavy atom. The van der Waals surface area contributed by atoms with Crippen LogP contribution in [0.25, 0.3) is 0 Å². The fourth-order valence-corrected chi connectivity index (χ4v) is 9.81. The maximum Gasteiger partial charge on any atom is 0.311 e. The second kappa shape index (κ2) is 14.4. The molecule has 1 spiro atoms. The van der Waals surface area contributed by atoms with E-state index in [9.17, 15) is 20.1 Å². The van der Waals surface area contributed by atoms with Gasteiger partial charge in [-0.2, -0.15) is 0 Å². The smallest absolute Gasteiger partial charge is 0.311 e. The van der Waals surface area contributed by atoms with Gasteiger partial charge in [0.15, 0.2) is 18.4 Å². The third-order valence-corrected chi connectivity index (χ3v) is 12.9. The third kappa shape index (κ3) is 6.69. The Morgan fingerprint density at radius 2 is 1.58 bits per heavy atom. The molecule has 0 aromatic heterocycles. The minimum Gasteiger partial charge on any atom is -0.459 e. The van der Waals surface area contributed by atoms with Gasteiger partial charge in [0.1, 0.15) is 23.9 Å². The van der Waals surface area contributed by atoms with Crippen LogP contribution in [-0.2, 0) is 42.7 Å². The van der Waals surface area contributed by atoms with E-state index in [-0.39, 0.29) is 24.5 Å². The van der Waals surface area contributed by atoms with Crippen LogP contribution >= 0.6 is 0 Å². The normalized spacial score (nSPS) is 54.7. The van der Waals surface area contributed by atoms with Gasteiger partial charge in [0.25, 0.3) is 0 Å². The Labute approximate surface area is 298 Å². The molecular weight excluding hydrogens is 650 g/mol. The van der Waals surface area contributed by atoms with Crippen molar-refractivity contribution in [3.8, 4) is 0 Å². The molecule has 0 amide bonds. The van der Waals surface area contributed by atoms with Crippen LogP contribution in [0.5, 0.6) is 0 Å². The maximum absolute atomic E-state index is 14.2. The summed E-state index contributed by atoms with van der Waals surface area (Å²) in [5.74, 6) is -3.80. The molecule has 5 rings (SSSR count). The van der Waals surface area contributed by atoms with Gasteiger partial charge < -0.3 is 58.1 Å². The highest BCUT2D eigenvalue weighted by atomic mass is 16.8. The lowest BCUT2D eigenvalue weighted by atomic mass is 9.77. The van der Waals surface area contributed by atoms with E-state index >= 15 is 0 Å². The van der Waals surface area contributed by atoms with Crippen LogP contribution in [-0.4, -0.2) is 137 Å². The SMILES string of the molecule is CC[C@H]1OC(=O)[C@H](C)[C@@H](OC2C[C@@](C)(OC)[C@@H](O)[C@H](C)O2)[C@H](C)[C@@H](OC2O[C@H](C)C[C@H](N(C)C)[C@H]2O)[C@@]2(C)CC(C)C3(OC1(C)[C@H](O)[C@H]3C)O2. The van der Waals surface area contributed by atoms with Crippen molar-refractivity contribution in [3.05, 3.63) is 0 Å². The summed E-state index contributed by atoms with van der Waals surface area (Å²) in [6.07, 6.45) is -6.22. The van der Waals surface area contributed by atoms with Gasteiger partial charge in [-0.05, 0) is 74.9 Å². The summed E-state index contributed by atoms with van der Waals surface area (Å²) in [7, 11) is 5.39. The Morgan fingerprint density at radius 1 is 0.920 bits per heavy atom. The van der Waals surface area contributed by atoms with Crippen molar-refractivity contribution >= 4 is 5.97 Å². The average Bonchev–Trinajstić information content (AvgIpc) is 3.42. The fourth-order valence-electron chi connectivity index (χ4n) is 9.81. The number of nitrogens with zero attached hydrogens (tertiary/aromatic N) is 1. The van der Waals surface area contributed by atoms with Crippen LogP contribution in [0.1, 0.15) is 94.9 Å². The zero-order valence-electron chi connectivity index (χ0n) is 32.5. The molecule has 19 atom stereocenters. The van der Waals surface area contributed by atoms with Crippen molar-refractivity contribution in [2.45, 2.75) is 185 Å². The van der Waals surface area contributed by atoms with Crippen molar-refractivity contribution < 1.29 is 58.0 Å². The second-order valence-corrected chi connectivity index (χ2v) is 16.9. The standard InChI is InChI=1S/C37H65NO12/c1-14-25-36(10)29(40)22(6)37(50-36)18(2)16-35(9,49-37)31(48-33-27(39)24(38(11)12)15-19(3)44-33)20(4)28(21(5)32(42)46-25)47-26-17-34(8,43-13)30(41)23(7)45-26/h18-31,33,39-41H,14-17H2,1-13H3/t18?,19-,20+,21-,22-,23+,24+,25-,26?,27-,28+,29-,30+,31-,33?,34-,35-,36?,37?/m1/s1. The molecule has 5 unspecified atom stereocenters. The van der Waals surface area contributed by atoms with Crippen molar-refractivity contribution in [2.24, 2.45) is 23.7 Å². The molecule has 0 aromatic rings. The number of cyclic esters (lactones) is 1. The lowest BCUT2D eigenvalue weighted by molar-refractivity contribution is -0.344. The molecule has 3 N–H and O–H groups in total. The van der Waals surface area contributed by atoms with Gasteiger partial charge in [-0.3, -0.25) is 4.79 Å². The number of aliphatic hydroxyl groups excluding tert-OH is 3. The largest absolute Gasteiger partial charge is 0.459 e. The summed E-state index contributed by atoms with van der Waals surface area (Å²) in [6.45, 7) is 18.9. The summed E-state index contributed by atoms with van der Waals surface area (Å²) < 4.78 is 52.3. The van der Waals surface area contributed by atoms with E-state index in [1.807, 2.05) is 60.5 Å². The summed E-state index contributed by atoms with van der Waals surface area (Å²) in [5, 5.41) is 34.4. The molecule has 5 aliphatic rings. The molecule has 3 bridgehead atoms. The van der Waals surface area contributed by atoms with Gasteiger partial charge >= 0.3 is 5.97 Å². The van der Waals surface area contributed by atoms with E-state index in [2.05, 4.69) is 6.92 Å². The fraction of sp³-hybridized carbons (Fsp3) is 0.973. The van der Waals surface area contributed by atoms with Crippen LogP contribution in [0.3, 0.4) is 0 Å². The van der Waals surface area contributed by atoms with Crippen LogP contribution < -0.4 is 0 Å². The number of carbonyl (C=O) groups excluding carboxylic acids is 1. The molecule has 5 aliphatic heterocycles. The van der Waals surface area contributed by atoms with Gasteiger partial charge in [-0.1, -0.05) is 27.7 Å². The first kappa shape index (κ1) is 40.2. The van der Waals surface area contributed by atoms with Crippen molar-refractivity contribution in [1.82, 2.24) is 4.90 Å². The number of likely N-dealkylation sites (N-methyl/N-ethyl adjacent to an activating group) is 1. The number of fused-ring (bicyclic) bond motifs is 2. The number of ether oxygens (including phenoxy) is 8. The van der Waals surface area contributed by atoms with E-state index in [1.54, 1.807) is 27.9 Å². The first-order valence-corrected chi connectivity index (χ1v) is 18.7. The molecular formula is C37H65NO12. The van der Waals surface area contributed by atoms with Crippen molar-refractivity contribution in [2.75, 3.05) is 21.2 Å². The Balaban J connectivity index is 1.62. The number of carbonyl (C=O) groups is 1. The number of aliphatic hydroxyl groups is 3. The average molecular weight is 716 g/mol. The van der Waals surface area contributed by atoms with E-state index in [1.165, 1.54) is 0 Å². The molecule has 0 aliphatic carbocycles. The zero-order valence-corrected chi connectivity index (χ0v) is 32.5. The molecule has 5 saturated heterocycles. The van der Waals surface area contributed by atoms with Gasteiger partial charge in [0, 0.05) is 37.3 Å². The Kier molecular flexibility index (Phi) is 11.5. The predicted octanol–water partition coefficient (Wildman–Crippen LogP) is 2.99. The maximum atomic E-state index is 14.2. The highest BCUT2D eigenvalue weighted by Gasteiger charge is 2.71. The highest BCUT2D eigenvalue weighted by molar-refractivity contribution is 5.73. The minimum absolute atomic E-state index is 0.194. The molecule has 5 fully saturated rings. The molecule has 290 valence electrons. The van der Waals surface area contributed by atoms with Gasteiger partial charge in [-0.25, -0.2) is 0 Å². The topological polar surface area (TPSA) is 155 Å². The van der Waals surface area contributed by atoms with Crippen LogP contribution in [0.4, 0.5) is 0 Å². The molecule has 50 heavy (non-hydrogen) atoms. The Hall–Kier alpha value is -0.970. The molecule has 13 heteroatoms. The van der Waals surface area contributed by atoms with Gasteiger partial charge in [-0.15, -0.1) is 0 Å². The lowest BCUT2D eigenvalue weighted by Gasteiger charge is -2.49. The van der Waals surface area contributed by atoms with Crippen LogP contribution in [0, 0.1) is 23.7 Å². The number of hydrogen-bond donors (Lipinski definition) is 3.